The summed E-state index contributed by atoms with van der Waals surface area (Å²) in [5, 5.41) is 11.2. The van der Waals surface area contributed by atoms with Crippen LogP contribution in [-0.2, 0) is 21.0 Å². The van der Waals surface area contributed by atoms with Gasteiger partial charge in [0, 0.05) is 32.3 Å². The largest absolute Gasteiger partial charge is 1.00 e. The van der Waals surface area contributed by atoms with Gasteiger partial charge in [0.2, 0.25) is 0 Å². The third-order valence-electron chi connectivity index (χ3n) is 2.92. The van der Waals surface area contributed by atoms with Crippen LogP contribution in [0.15, 0.2) is 0 Å². The van der Waals surface area contributed by atoms with Crippen molar-refractivity contribution in [2.45, 2.75) is 6.92 Å². The van der Waals surface area contributed by atoms with E-state index >= 15 is 0 Å². The summed E-state index contributed by atoms with van der Waals surface area (Å²) in [5.74, 6) is 0. The summed E-state index contributed by atoms with van der Waals surface area (Å²) >= 11 is 0. The monoisotopic (exact) mass is 218 g/mol. The third kappa shape index (κ3) is 1.62. The molecule has 9 heteroatoms. The average molecular weight is 218 g/mol. The minimum atomic E-state index is -1.91. The summed E-state index contributed by atoms with van der Waals surface area (Å²) in [6.45, 7) is 2.04. The van der Waals surface area contributed by atoms with Crippen molar-refractivity contribution >= 4 is 12.5 Å². The standard InChI is InChI=1S/C7H12BN4O3.Li/c1-7-3-13-8(14-4-7,15-5-7)6-9-10-11-12(6)2;/h3-5H2,1-2H3;/q-1;+1. The van der Waals surface area contributed by atoms with Gasteiger partial charge in [0.15, 0.2) is 0 Å². The maximum Gasteiger partial charge on any atom is 1.00 e. The Balaban J connectivity index is 0.000000963. The molecule has 0 amide bonds. The van der Waals surface area contributed by atoms with Gasteiger partial charge in [-0.3, -0.25) is 4.68 Å². The Morgan fingerprint density at radius 3 is 2.25 bits per heavy atom. The van der Waals surface area contributed by atoms with Gasteiger partial charge in [0.1, 0.15) is 0 Å². The molecule has 3 fully saturated rings. The normalized spacial score (nSPS) is 37.1. The molecule has 7 nitrogen and oxygen atoms in total. The van der Waals surface area contributed by atoms with Crippen molar-refractivity contribution in [2.75, 3.05) is 19.8 Å². The zero-order chi connectivity index (χ0) is 10.5. The van der Waals surface area contributed by atoms with E-state index in [1.165, 1.54) is 4.68 Å². The van der Waals surface area contributed by atoms with E-state index in [9.17, 15) is 0 Å². The first kappa shape index (κ1) is 12.1. The molecule has 3 aliphatic rings. The van der Waals surface area contributed by atoms with E-state index in [1.807, 2.05) is 0 Å². The van der Waals surface area contributed by atoms with Crippen LogP contribution in [0.2, 0.25) is 0 Å². The topological polar surface area (TPSA) is 71.3 Å². The predicted molar refractivity (Wildman–Crippen MR) is 50.1 cm³/mol. The molecule has 0 saturated carbocycles. The number of aromatic nitrogens is 4. The predicted octanol–water partition coefficient (Wildman–Crippen LogP) is -4.56. The zero-order valence-corrected chi connectivity index (χ0v) is 9.71. The van der Waals surface area contributed by atoms with Crippen LogP contribution in [-0.4, -0.2) is 46.8 Å². The maximum absolute atomic E-state index is 5.65. The Kier molecular flexibility index (Phi) is 2.89. The molecular formula is C7H12BLiN4O3. The molecule has 4 rings (SSSR count). The molecule has 0 aliphatic carbocycles. The molecule has 82 valence electrons. The van der Waals surface area contributed by atoms with Crippen molar-refractivity contribution in [2.24, 2.45) is 12.5 Å². The molecule has 0 radical (unpaired) electrons. The van der Waals surface area contributed by atoms with Crippen LogP contribution >= 0.6 is 0 Å². The molecule has 2 bridgehead atoms. The molecule has 1 aromatic heterocycles. The first-order valence-electron chi connectivity index (χ1n) is 4.92. The second-order valence-corrected chi connectivity index (χ2v) is 4.55. The molecule has 0 atom stereocenters. The molecule has 0 N–H and O–H groups in total. The third-order valence-corrected chi connectivity index (χ3v) is 2.92. The summed E-state index contributed by atoms with van der Waals surface area (Å²) < 4.78 is 18.5. The summed E-state index contributed by atoms with van der Waals surface area (Å²) in [6.07, 6.45) is 0. The van der Waals surface area contributed by atoms with Crippen LogP contribution in [0.1, 0.15) is 6.92 Å². The number of rotatable bonds is 1. The zero-order valence-electron chi connectivity index (χ0n) is 9.71. The number of aryl methyl sites for hydroxylation is 1. The first-order valence-corrected chi connectivity index (χ1v) is 4.92. The molecule has 0 spiro atoms. The fourth-order valence-corrected chi connectivity index (χ4v) is 1.96. The fourth-order valence-electron chi connectivity index (χ4n) is 1.96. The minimum Gasteiger partial charge on any atom is -0.538 e. The van der Waals surface area contributed by atoms with Gasteiger partial charge in [-0.1, -0.05) is 6.92 Å². The van der Waals surface area contributed by atoms with Gasteiger partial charge in [-0.05, 0) is 10.4 Å². The summed E-state index contributed by atoms with van der Waals surface area (Å²) in [4.78, 5) is 0. The van der Waals surface area contributed by atoms with Gasteiger partial charge < -0.3 is 14.0 Å². The quantitative estimate of drug-likeness (QED) is 0.442. The Morgan fingerprint density at radius 2 is 1.81 bits per heavy atom. The first-order chi connectivity index (χ1) is 7.14. The maximum atomic E-state index is 5.65. The summed E-state index contributed by atoms with van der Waals surface area (Å²) in [7, 11) is 1.74. The second kappa shape index (κ2) is 3.82. The number of hydrogen-bond acceptors (Lipinski definition) is 6. The van der Waals surface area contributed by atoms with E-state index in [0.717, 1.165) is 0 Å². The minimum absolute atomic E-state index is 0. The number of nitrogens with zero attached hydrogens (tertiary/aromatic N) is 4. The van der Waals surface area contributed by atoms with Crippen molar-refractivity contribution in [3.05, 3.63) is 0 Å². The molecule has 16 heavy (non-hydrogen) atoms. The Morgan fingerprint density at radius 1 is 1.25 bits per heavy atom. The van der Waals surface area contributed by atoms with E-state index in [1.54, 1.807) is 7.05 Å². The number of tetrazole rings is 1. The Labute approximate surface area is 105 Å². The van der Waals surface area contributed by atoms with Crippen LogP contribution in [0.25, 0.3) is 0 Å². The van der Waals surface area contributed by atoms with Gasteiger partial charge in [-0.2, -0.15) is 0 Å². The second-order valence-electron chi connectivity index (χ2n) is 4.55. The van der Waals surface area contributed by atoms with E-state index in [-0.39, 0.29) is 24.3 Å². The van der Waals surface area contributed by atoms with Gasteiger partial charge in [0.25, 0.3) is 0 Å². The molecule has 3 aliphatic heterocycles. The molecule has 1 aromatic rings. The molecule has 0 unspecified atom stereocenters. The van der Waals surface area contributed by atoms with Crippen molar-refractivity contribution in [3.8, 4) is 0 Å². The summed E-state index contributed by atoms with van der Waals surface area (Å²) in [5.41, 5.74) is 0.479. The van der Waals surface area contributed by atoms with Crippen LogP contribution < -0.4 is 24.6 Å². The fraction of sp³-hybridized carbons (Fsp3) is 0.857. The smallest absolute Gasteiger partial charge is 0.538 e. The van der Waals surface area contributed by atoms with Crippen LogP contribution in [0.4, 0.5) is 0 Å². The molecule has 0 aromatic carbocycles. The Bertz CT molecular complexity index is 376. The molecule has 3 saturated heterocycles. The molecular weight excluding hydrogens is 206 g/mol. The van der Waals surface area contributed by atoms with Gasteiger partial charge in [-0.15, -0.1) is 5.10 Å². The van der Waals surface area contributed by atoms with Crippen molar-refractivity contribution < 1.29 is 32.8 Å². The van der Waals surface area contributed by atoms with Crippen LogP contribution in [0.3, 0.4) is 0 Å². The van der Waals surface area contributed by atoms with E-state index in [0.29, 0.717) is 25.5 Å². The van der Waals surface area contributed by atoms with E-state index in [4.69, 9.17) is 14.0 Å². The SMILES string of the molecule is Cn1nnnc1[B-]12OCC(C)(CO1)CO2.[Li+]. The average Bonchev–Trinajstić information content (AvgIpc) is 2.67. The summed E-state index contributed by atoms with van der Waals surface area (Å²) in [6, 6.07) is 0. The van der Waals surface area contributed by atoms with Gasteiger partial charge in [0.05, 0.1) is 5.72 Å². The van der Waals surface area contributed by atoms with Crippen LogP contribution in [0.5, 0.6) is 0 Å². The Hall–Kier alpha value is -0.388. The van der Waals surface area contributed by atoms with Crippen molar-refractivity contribution in [1.29, 1.82) is 0 Å². The van der Waals surface area contributed by atoms with Crippen molar-refractivity contribution in [3.63, 3.8) is 0 Å². The van der Waals surface area contributed by atoms with E-state index in [2.05, 4.69) is 22.4 Å². The number of fused-ring (bicyclic) bond motifs is 3. The van der Waals surface area contributed by atoms with Crippen LogP contribution in [0, 0.1) is 5.41 Å². The van der Waals surface area contributed by atoms with Gasteiger partial charge in [-0.25, -0.2) is 0 Å². The van der Waals surface area contributed by atoms with E-state index < -0.39 is 6.75 Å². The molecule has 4 heterocycles. The number of hydrogen-bond donors (Lipinski definition) is 0. The van der Waals surface area contributed by atoms with Crippen molar-refractivity contribution in [1.82, 2.24) is 20.2 Å². The van der Waals surface area contributed by atoms with Gasteiger partial charge >= 0.3 is 25.6 Å².